The van der Waals surface area contributed by atoms with E-state index in [1.165, 1.54) is 0 Å². The van der Waals surface area contributed by atoms with E-state index < -0.39 is 5.97 Å². The van der Waals surface area contributed by atoms with Crippen LogP contribution in [0.2, 0.25) is 0 Å². The number of carbonyl (C=O) groups excluding carboxylic acids is 3. The van der Waals surface area contributed by atoms with Crippen LogP contribution in [0.25, 0.3) is 0 Å². The summed E-state index contributed by atoms with van der Waals surface area (Å²) in [5.41, 5.74) is 0.708. The van der Waals surface area contributed by atoms with E-state index in [-0.39, 0.29) is 31.2 Å². The van der Waals surface area contributed by atoms with Crippen molar-refractivity contribution in [1.82, 2.24) is 4.90 Å². The molecule has 0 N–H and O–H groups in total. The maximum atomic E-state index is 12.0. The number of fused-ring (bicyclic) bond motifs is 1. The van der Waals surface area contributed by atoms with E-state index in [9.17, 15) is 19.5 Å². The van der Waals surface area contributed by atoms with Crippen molar-refractivity contribution >= 4 is 33.7 Å². The summed E-state index contributed by atoms with van der Waals surface area (Å²) in [6, 6.07) is 4.86. The monoisotopic (exact) mass is 310 g/mol. The highest BCUT2D eigenvalue weighted by molar-refractivity contribution is 9.10. The van der Waals surface area contributed by atoms with Crippen molar-refractivity contribution in [3.63, 3.8) is 0 Å². The summed E-state index contributed by atoms with van der Waals surface area (Å²) in [7, 11) is 0. The minimum absolute atomic E-state index is 0.0952. The molecule has 1 aromatic carbocycles. The molecule has 0 spiro atoms. The number of nitrogens with zero attached hydrogens (tertiary/aromatic N) is 1. The quantitative estimate of drug-likeness (QED) is 0.762. The molecule has 2 rings (SSSR count). The molecule has 2 amide bonds. The second-order valence-electron chi connectivity index (χ2n) is 3.93. The molecule has 0 aliphatic carbocycles. The van der Waals surface area contributed by atoms with Gasteiger partial charge in [-0.3, -0.25) is 14.5 Å². The van der Waals surface area contributed by atoms with Crippen molar-refractivity contribution in [2.75, 3.05) is 6.54 Å². The Hall–Kier alpha value is -1.69. The van der Waals surface area contributed by atoms with E-state index in [0.717, 1.165) is 9.37 Å². The molecule has 5 nitrogen and oxygen atoms in total. The fourth-order valence-corrected chi connectivity index (χ4v) is 2.21. The third kappa shape index (κ3) is 2.28. The van der Waals surface area contributed by atoms with Crippen LogP contribution in [0.3, 0.4) is 0 Å². The lowest BCUT2D eigenvalue weighted by Crippen LogP contribution is -2.32. The van der Waals surface area contributed by atoms with Gasteiger partial charge in [-0.15, -0.1) is 0 Å². The first kappa shape index (κ1) is 12.8. The van der Waals surface area contributed by atoms with Crippen molar-refractivity contribution in [3.05, 3.63) is 33.8 Å². The van der Waals surface area contributed by atoms with Gasteiger partial charge in [0.05, 0.1) is 11.1 Å². The van der Waals surface area contributed by atoms with Crippen LogP contribution < -0.4 is 5.11 Å². The fraction of sp³-hybridized carbons (Fsp3) is 0.250. The second kappa shape index (κ2) is 4.89. The number of benzene rings is 1. The van der Waals surface area contributed by atoms with Crippen molar-refractivity contribution in [3.8, 4) is 0 Å². The number of carboxylic acid groups (broad SMARTS) is 1. The Balaban J connectivity index is 2.15. The van der Waals surface area contributed by atoms with Gasteiger partial charge in [0.2, 0.25) is 0 Å². The molecular weight excluding hydrogens is 302 g/mol. The van der Waals surface area contributed by atoms with Gasteiger partial charge < -0.3 is 9.90 Å². The molecule has 18 heavy (non-hydrogen) atoms. The molecular formula is C12H9BrNO4-. The van der Waals surface area contributed by atoms with E-state index in [2.05, 4.69) is 15.9 Å². The zero-order valence-electron chi connectivity index (χ0n) is 9.31. The van der Waals surface area contributed by atoms with E-state index >= 15 is 0 Å². The predicted octanol–water partition coefficient (Wildman–Crippen LogP) is 0.575. The van der Waals surface area contributed by atoms with Gasteiger partial charge in [-0.1, -0.05) is 15.9 Å². The Kier molecular flexibility index (Phi) is 3.47. The summed E-state index contributed by atoms with van der Waals surface area (Å²) in [5, 5.41) is 10.3. The summed E-state index contributed by atoms with van der Waals surface area (Å²) in [5.74, 6) is -1.94. The first-order valence-corrected chi connectivity index (χ1v) is 6.15. The lowest BCUT2D eigenvalue weighted by molar-refractivity contribution is -0.305. The largest absolute Gasteiger partial charge is 0.550 e. The zero-order chi connectivity index (χ0) is 13.3. The van der Waals surface area contributed by atoms with Gasteiger partial charge in [0.25, 0.3) is 11.8 Å². The van der Waals surface area contributed by atoms with Gasteiger partial charge in [0.15, 0.2) is 0 Å². The number of imide groups is 1. The van der Waals surface area contributed by atoms with Gasteiger partial charge >= 0.3 is 0 Å². The lowest BCUT2D eigenvalue weighted by Gasteiger charge is -2.13. The molecule has 1 aliphatic rings. The summed E-state index contributed by atoms with van der Waals surface area (Å²) < 4.78 is 0.721. The summed E-state index contributed by atoms with van der Waals surface area (Å²) in [4.78, 5) is 35.2. The number of aliphatic carboxylic acids is 1. The summed E-state index contributed by atoms with van der Waals surface area (Å²) in [6.45, 7) is 0.0952. The summed E-state index contributed by atoms with van der Waals surface area (Å²) in [6.07, 6.45) is 0.0338. The molecule has 0 bridgehead atoms. The van der Waals surface area contributed by atoms with Gasteiger partial charge in [-0.2, -0.15) is 0 Å². The zero-order valence-corrected chi connectivity index (χ0v) is 10.9. The van der Waals surface area contributed by atoms with E-state index in [1.54, 1.807) is 18.2 Å². The van der Waals surface area contributed by atoms with E-state index in [0.29, 0.717) is 11.1 Å². The Morgan fingerprint density at radius 1 is 1.22 bits per heavy atom. The molecule has 1 heterocycles. The summed E-state index contributed by atoms with van der Waals surface area (Å²) >= 11 is 3.24. The minimum atomic E-state index is -1.19. The van der Waals surface area contributed by atoms with Crippen LogP contribution in [0, 0.1) is 0 Å². The van der Waals surface area contributed by atoms with Crippen molar-refractivity contribution in [2.24, 2.45) is 0 Å². The molecule has 0 radical (unpaired) electrons. The molecule has 0 fully saturated rings. The van der Waals surface area contributed by atoms with Crippen LogP contribution in [0.5, 0.6) is 0 Å². The molecule has 0 unspecified atom stereocenters. The van der Waals surface area contributed by atoms with Crippen molar-refractivity contribution < 1.29 is 19.5 Å². The third-order valence-electron chi connectivity index (χ3n) is 2.70. The molecule has 0 saturated heterocycles. The third-order valence-corrected chi connectivity index (χ3v) is 3.19. The molecule has 0 aromatic heterocycles. The minimum Gasteiger partial charge on any atom is -0.550 e. The average molecular weight is 311 g/mol. The SMILES string of the molecule is O=C([O-])CCCN1C(=O)c2ccc(Br)cc2C1=O. The highest BCUT2D eigenvalue weighted by Crippen LogP contribution is 2.26. The Morgan fingerprint density at radius 3 is 2.56 bits per heavy atom. The van der Waals surface area contributed by atoms with Gasteiger partial charge in [0, 0.05) is 17.0 Å². The maximum absolute atomic E-state index is 12.0. The molecule has 0 atom stereocenters. The van der Waals surface area contributed by atoms with E-state index in [4.69, 9.17) is 0 Å². The Morgan fingerprint density at radius 2 is 1.89 bits per heavy atom. The number of hydrogen-bond donors (Lipinski definition) is 0. The fourth-order valence-electron chi connectivity index (χ4n) is 1.85. The maximum Gasteiger partial charge on any atom is 0.261 e. The van der Waals surface area contributed by atoms with Crippen LogP contribution in [-0.4, -0.2) is 29.2 Å². The van der Waals surface area contributed by atoms with Gasteiger partial charge in [0.1, 0.15) is 0 Å². The molecule has 1 aliphatic heterocycles. The standard InChI is InChI=1S/C12H10BrNO4/c13-7-3-4-8-9(6-7)12(18)14(11(8)17)5-1-2-10(15)16/h3-4,6H,1-2,5H2,(H,15,16)/p-1. The van der Waals surface area contributed by atoms with Crippen LogP contribution >= 0.6 is 15.9 Å². The van der Waals surface area contributed by atoms with Crippen LogP contribution in [0.15, 0.2) is 22.7 Å². The van der Waals surface area contributed by atoms with Crippen molar-refractivity contribution in [2.45, 2.75) is 12.8 Å². The molecule has 94 valence electrons. The number of amides is 2. The number of carbonyl (C=O) groups is 3. The molecule has 1 aromatic rings. The normalized spacial score (nSPS) is 13.9. The van der Waals surface area contributed by atoms with Gasteiger partial charge in [-0.05, 0) is 31.0 Å². The predicted molar refractivity (Wildman–Crippen MR) is 63.8 cm³/mol. The van der Waals surface area contributed by atoms with Crippen molar-refractivity contribution in [1.29, 1.82) is 0 Å². The number of halogens is 1. The number of rotatable bonds is 4. The van der Waals surface area contributed by atoms with Crippen LogP contribution in [0.4, 0.5) is 0 Å². The smallest absolute Gasteiger partial charge is 0.261 e. The number of carboxylic acids is 1. The topological polar surface area (TPSA) is 77.5 Å². The lowest BCUT2D eigenvalue weighted by atomic mass is 10.1. The Labute approximate surface area is 112 Å². The average Bonchev–Trinajstić information content (AvgIpc) is 2.53. The molecule has 6 heteroatoms. The highest BCUT2D eigenvalue weighted by atomic mass is 79.9. The molecule has 0 saturated carbocycles. The first-order chi connectivity index (χ1) is 8.50. The Bertz CT molecular complexity index is 541. The second-order valence-corrected chi connectivity index (χ2v) is 4.84. The first-order valence-electron chi connectivity index (χ1n) is 5.36. The highest BCUT2D eigenvalue weighted by Gasteiger charge is 2.34. The van der Waals surface area contributed by atoms with Gasteiger partial charge in [-0.25, -0.2) is 0 Å². The van der Waals surface area contributed by atoms with Crippen LogP contribution in [-0.2, 0) is 4.79 Å². The van der Waals surface area contributed by atoms with Crippen LogP contribution in [0.1, 0.15) is 33.6 Å². The van der Waals surface area contributed by atoms with E-state index in [1.807, 2.05) is 0 Å². The number of hydrogen-bond acceptors (Lipinski definition) is 4.